The molecule has 2 heterocycles. The Morgan fingerprint density at radius 1 is 1.11 bits per heavy atom. The Morgan fingerprint density at radius 2 is 1.86 bits per heavy atom. The highest BCUT2D eigenvalue weighted by atomic mass is 35.5. The number of unbranched alkanes of at least 4 members (excludes halogenated alkanes) is 1. The summed E-state index contributed by atoms with van der Waals surface area (Å²) >= 11 is 6.23. The van der Waals surface area contributed by atoms with Crippen LogP contribution in [0.2, 0.25) is 5.02 Å². The van der Waals surface area contributed by atoms with Gasteiger partial charge in [-0.15, -0.1) is 0 Å². The van der Waals surface area contributed by atoms with E-state index in [2.05, 4.69) is 32.6 Å². The summed E-state index contributed by atoms with van der Waals surface area (Å²) in [6.07, 6.45) is 3.35. The van der Waals surface area contributed by atoms with E-state index in [1.807, 2.05) is 24.3 Å². The number of nitrogens with zero attached hydrogens (tertiary/aromatic N) is 3. The van der Waals surface area contributed by atoms with Crippen LogP contribution in [0.3, 0.4) is 0 Å². The van der Waals surface area contributed by atoms with Crippen LogP contribution in [-0.2, 0) is 11.3 Å². The van der Waals surface area contributed by atoms with Gasteiger partial charge in [0.15, 0.2) is 0 Å². The normalized spacial score (nSPS) is 14.6. The van der Waals surface area contributed by atoms with Crippen LogP contribution < -0.4 is 10.6 Å². The molecule has 2 N–H and O–H groups in total. The lowest BCUT2D eigenvalue weighted by Gasteiger charge is -2.30. The minimum atomic E-state index is -0.167. The minimum Gasteiger partial charge on any atom is -0.352 e. The molecule has 1 fully saturated rings. The molecule has 1 saturated heterocycles. The number of likely N-dealkylation sites (tertiary alicyclic amines) is 1. The van der Waals surface area contributed by atoms with Crippen LogP contribution in [0, 0.1) is 5.92 Å². The van der Waals surface area contributed by atoms with Crippen molar-refractivity contribution in [3.63, 3.8) is 0 Å². The summed E-state index contributed by atoms with van der Waals surface area (Å²) in [5.74, 6) is 0.643. The molecule has 0 radical (unpaired) electrons. The van der Waals surface area contributed by atoms with Crippen molar-refractivity contribution in [1.82, 2.24) is 20.4 Å². The summed E-state index contributed by atoms with van der Waals surface area (Å²) < 4.78 is 5.42. The first-order chi connectivity index (χ1) is 17.0. The van der Waals surface area contributed by atoms with Gasteiger partial charge in [0.2, 0.25) is 17.6 Å². The fraction of sp³-hybridized carbons (Fsp3) is 0.385. The number of halogens is 1. The quantitative estimate of drug-likeness (QED) is 0.415. The van der Waals surface area contributed by atoms with Gasteiger partial charge in [-0.05, 0) is 56.6 Å². The van der Waals surface area contributed by atoms with Gasteiger partial charge in [0.1, 0.15) is 0 Å². The van der Waals surface area contributed by atoms with Crippen molar-refractivity contribution >= 4 is 29.1 Å². The van der Waals surface area contributed by atoms with Gasteiger partial charge in [-0.2, -0.15) is 4.98 Å². The summed E-state index contributed by atoms with van der Waals surface area (Å²) in [4.78, 5) is 32.1. The Hall–Kier alpha value is -3.23. The number of anilines is 1. The lowest BCUT2D eigenvalue weighted by atomic mass is 9.95. The number of carbonyl (C=O) groups excluding carboxylic acids is 2. The summed E-state index contributed by atoms with van der Waals surface area (Å²) in [5.41, 5.74) is 1.77. The second kappa shape index (κ2) is 12.0. The van der Waals surface area contributed by atoms with Crippen molar-refractivity contribution < 1.29 is 14.1 Å². The number of benzene rings is 2. The Bertz CT molecular complexity index is 1160. The molecule has 1 aliphatic heterocycles. The Kier molecular flexibility index (Phi) is 8.50. The highest BCUT2D eigenvalue weighted by molar-refractivity contribution is 6.33. The summed E-state index contributed by atoms with van der Waals surface area (Å²) in [6, 6.07) is 14.5. The van der Waals surface area contributed by atoms with Crippen molar-refractivity contribution in [1.29, 1.82) is 0 Å². The maximum Gasteiger partial charge on any atom is 0.253 e. The van der Waals surface area contributed by atoms with E-state index in [9.17, 15) is 9.59 Å². The zero-order valence-corrected chi connectivity index (χ0v) is 20.6. The molecular weight excluding hydrogens is 466 g/mol. The SMILES string of the molecule is CCCCNC(=O)c1ccccc1NC(=O)C1CCN(Cc2nc(-c3ccccc3Cl)no2)CC1. The van der Waals surface area contributed by atoms with Crippen LogP contribution in [0.15, 0.2) is 53.1 Å². The third-order valence-corrected chi connectivity index (χ3v) is 6.48. The standard InChI is InChI=1S/C26H30ClN5O3/c1-2-3-14-28-26(34)20-9-5-7-11-22(20)29-25(33)18-12-15-32(16-13-18)17-23-30-24(31-35-23)19-8-4-6-10-21(19)27/h4-11,18H,2-3,12-17H2,1H3,(H,28,34)(H,29,33). The smallest absolute Gasteiger partial charge is 0.253 e. The van der Waals surface area contributed by atoms with E-state index in [-0.39, 0.29) is 17.7 Å². The number of piperidine rings is 1. The third-order valence-electron chi connectivity index (χ3n) is 6.15. The number of hydrogen-bond acceptors (Lipinski definition) is 6. The largest absolute Gasteiger partial charge is 0.352 e. The first kappa shape index (κ1) is 24.9. The van der Waals surface area contributed by atoms with Gasteiger partial charge in [0.25, 0.3) is 5.91 Å². The number of aromatic nitrogens is 2. The molecule has 1 aromatic heterocycles. The van der Waals surface area contributed by atoms with Crippen LogP contribution in [-0.4, -0.2) is 46.5 Å². The average molecular weight is 496 g/mol. The average Bonchev–Trinajstić information content (AvgIpc) is 3.33. The van der Waals surface area contributed by atoms with E-state index in [4.69, 9.17) is 16.1 Å². The van der Waals surface area contributed by atoms with Gasteiger partial charge < -0.3 is 15.2 Å². The molecule has 0 saturated carbocycles. The molecule has 0 spiro atoms. The highest BCUT2D eigenvalue weighted by Crippen LogP contribution is 2.26. The zero-order valence-electron chi connectivity index (χ0n) is 19.8. The Labute approximate surface area is 210 Å². The molecule has 3 aromatic rings. The number of para-hydroxylation sites is 1. The second-order valence-corrected chi connectivity index (χ2v) is 9.09. The van der Waals surface area contributed by atoms with Gasteiger partial charge in [0, 0.05) is 18.0 Å². The number of nitrogens with one attached hydrogen (secondary N) is 2. The molecule has 4 rings (SSSR count). The van der Waals surface area contributed by atoms with E-state index in [0.717, 1.165) is 31.5 Å². The van der Waals surface area contributed by atoms with E-state index in [1.165, 1.54) is 0 Å². The number of hydrogen-bond donors (Lipinski definition) is 2. The molecule has 1 aliphatic rings. The Balaban J connectivity index is 1.29. The zero-order chi connectivity index (χ0) is 24.6. The van der Waals surface area contributed by atoms with E-state index >= 15 is 0 Å². The van der Waals surface area contributed by atoms with E-state index in [0.29, 0.717) is 53.9 Å². The van der Waals surface area contributed by atoms with Crippen molar-refractivity contribution in [2.75, 3.05) is 25.0 Å². The number of rotatable bonds is 9. The summed E-state index contributed by atoms with van der Waals surface area (Å²) in [7, 11) is 0. The predicted molar refractivity (Wildman–Crippen MR) is 135 cm³/mol. The molecule has 2 amide bonds. The van der Waals surface area contributed by atoms with Crippen molar-refractivity contribution in [2.45, 2.75) is 39.2 Å². The van der Waals surface area contributed by atoms with E-state index in [1.54, 1.807) is 24.3 Å². The van der Waals surface area contributed by atoms with Gasteiger partial charge in [-0.25, -0.2) is 0 Å². The van der Waals surface area contributed by atoms with Crippen LogP contribution in [0.25, 0.3) is 11.4 Å². The molecule has 0 aliphatic carbocycles. The summed E-state index contributed by atoms with van der Waals surface area (Å²) in [5, 5.41) is 10.5. The van der Waals surface area contributed by atoms with Crippen LogP contribution in [0.1, 0.15) is 48.9 Å². The fourth-order valence-electron chi connectivity index (χ4n) is 4.11. The van der Waals surface area contributed by atoms with Crippen LogP contribution >= 0.6 is 11.6 Å². The monoisotopic (exact) mass is 495 g/mol. The lowest BCUT2D eigenvalue weighted by Crippen LogP contribution is -2.38. The molecule has 9 heteroatoms. The van der Waals surface area contributed by atoms with Crippen LogP contribution in [0.4, 0.5) is 5.69 Å². The molecule has 0 atom stereocenters. The van der Waals surface area contributed by atoms with Gasteiger partial charge in [-0.1, -0.05) is 54.4 Å². The fourth-order valence-corrected chi connectivity index (χ4v) is 4.33. The second-order valence-electron chi connectivity index (χ2n) is 8.69. The van der Waals surface area contributed by atoms with E-state index < -0.39 is 0 Å². The Morgan fingerprint density at radius 3 is 2.63 bits per heavy atom. The number of carbonyl (C=O) groups is 2. The molecule has 35 heavy (non-hydrogen) atoms. The maximum atomic E-state index is 12.9. The molecule has 184 valence electrons. The number of amides is 2. The summed E-state index contributed by atoms with van der Waals surface area (Å²) in [6.45, 7) is 4.69. The maximum absolute atomic E-state index is 12.9. The molecule has 0 bridgehead atoms. The molecular formula is C26H30ClN5O3. The molecule has 2 aromatic carbocycles. The minimum absolute atomic E-state index is 0.0581. The first-order valence-electron chi connectivity index (χ1n) is 12.0. The topological polar surface area (TPSA) is 100 Å². The van der Waals surface area contributed by atoms with Gasteiger partial charge in [-0.3, -0.25) is 14.5 Å². The van der Waals surface area contributed by atoms with Gasteiger partial charge >= 0.3 is 0 Å². The van der Waals surface area contributed by atoms with Crippen molar-refractivity contribution in [3.05, 3.63) is 65.0 Å². The highest BCUT2D eigenvalue weighted by Gasteiger charge is 2.27. The first-order valence-corrected chi connectivity index (χ1v) is 12.4. The lowest BCUT2D eigenvalue weighted by molar-refractivity contribution is -0.121. The van der Waals surface area contributed by atoms with Gasteiger partial charge in [0.05, 0.1) is 22.8 Å². The third kappa shape index (κ3) is 6.46. The van der Waals surface area contributed by atoms with Crippen LogP contribution in [0.5, 0.6) is 0 Å². The molecule has 0 unspecified atom stereocenters. The van der Waals surface area contributed by atoms with Crippen molar-refractivity contribution in [3.8, 4) is 11.4 Å². The van der Waals surface area contributed by atoms with Crippen molar-refractivity contribution in [2.24, 2.45) is 5.92 Å². The molecule has 8 nitrogen and oxygen atoms in total. The predicted octanol–water partition coefficient (Wildman–Crippen LogP) is 4.77.